The molecule has 22 heavy (non-hydrogen) atoms. The summed E-state index contributed by atoms with van der Waals surface area (Å²) in [4.78, 5) is 12.8. The van der Waals surface area contributed by atoms with E-state index in [1.165, 1.54) is 15.9 Å². The minimum absolute atomic E-state index is 0.257. The summed E-state index contributed by atoms with van der Waals surface area (Å²) in [6, 6.07) is 5.45. The van der Waals surface area contributed by atoms with Crippen LogP contribution in [0.4, 0.5) is 0 Å². The fourth-order valence-electron chi connectivity index (χ4n) is 2.06. The Labute approximate surface area is 134 Å². The van der Waals surface area contributed by atoms with Crippen molar-refractivity contribution in [1.82, 2.24) is 19.8 Å². The van der Waals surface area contributed by atoms with E-state index in [4.69, 9.17) is 21.7 Å². The van der Waals surface area contributed by atoms with Gasteiger partial charge in [-0.2, -0.15) is 4.52 Å². The highest BCUT2D eigenvalue weighted by molar-refractivity contribution is 7.73. The first-order chi connectivity index (χ1) is 10.6. The second kappa shape index (κ2) is 5.85. The van der Waals surface area contributed by atoms with E-state index < -0.39 is 0 Å². The lowest BCUT2D eigenvalue weighted by Crippen LogP contribution is -2.22. The third kappa shape index (κ3) is 2.60. The number of fused-ring (bicyclic) bond motifs is 1. The summed E-state index contributed by atoms with van der Waals surface area (Å²) in [6.45, 7) is 0. The van der Waals surface area contributed by atoms with Crippen LogP contribution < -0.4 is 15.0 Å². The highest BCUT2D eigenvalue weighted by Gasteiger charge is 2.11. The minimum Gasteiger partial charge on any atom is -0.493 e. The minimum atomic E-state index is -0.257. The molecule has 0 radical (unpaired) electrons. The number of hydrogen-bond donors (Lipinski definition) is 1. The number of aromatic amines is 1. The smallest absolute Gasteiger partial charge is 0.295 e. The fourth-order valence-corrected chi connectivity index (χ4v) is 2.98. The van der Waals surface area contributed by atoms with E-state index in [2.05, 4.69) is 15.3 Å². The normalized spacial score (nSPS) is 10.8. The number of rotatable bonds is 4. The Bertz CT molecular complexity index is 944. The van der Waals surface area contributed by atoms with Gasteiger partial charge in [-0.25, -0.2) is 0 Å². The van der Waals surface area contributed by atoms with E-state index in [1.54, 1.807) is 20.3 Å². The molecule has 0 aliphatic rings. The largest absolute Gasteiger partial charge is 0.493 e. The quantitative estimate of drug-likeness (QED) is 0.732. The Kier molecular flexibility index (Phi) is 3.90. The van der Waals surface area contributed by atoms with Gasteiger partial charge in [0.05, 0.1) is 14.2 Å². The van der Waals surface area contributed by atoms with Gasteiger partial charge in [0.15, 0.2) is 15.5 Å². The molecule has 0 aliphatic heterocycles. The van der Waals surface area contributed by atoms with E-state index in [-0.39, 0.29) is 5.56 Å². The van der Waals surface area contributed by atoms with Gasteiger partial charge in [-0.15, -0.1) is 10.2 Å². The summed E-state index contributed by atoms with van der Waals surface area (Å²) < 4.78 is 12.2. The number of aromatic nitrogens is 4. The summed E-state index contributed by atoms with van der Waals surface area (Å²) in [5.41, 5.74) is 0.943. The number of benzene rings is 1. The number of H-pyrrole nitrogens is 1. The first-order valence-corrected chi connectivity index (χ1v) is 7.53. The molecule has 0 saturated heterocycles. The summed E-state index contributed by atoms with van der Waals surface area (Å²) in [7, 11) is 3.13. The summed E-state index contributed by atoms with van der Waals surface area (Å²) in [5, 5.41) is 10.8. The van der Waals surface area contributed by atoms with Crippen molar-refractivity contribution in [2.75, 3.05) is 14.2 Å². The highest BCUT2D eigenvalue weighted by atomic mass is 32.1. The van der Waals surface area contributed by atoms with Gasteiger partial charge in [-0.1, -0.05) is 17.4 Å². The highest BCUT2D eigenvalue weighted by Crippen LogP contribution is 2.28. The summed E-state index contributed by atoms with van der Waals surface area (Å²) in [6.07, 6.45) is 0.339. The van der Waals surface area contributed by atoms with Gasteiger partial charge in [-0.05, 0) is 29.9 Å². The van der Waals surface area contributed by atoms with E-state index in [1.807, 2.05) is 12.1 Å². The van der Waals surface area contributed by atoms with Crippen LogP contribution in [0.2, 0.25) is 0 Å². The van der Waals surface area contributed by atoms with E-state index >= 15 is 0 Å². The molecule has 1 N–H and O–H groups in total. The molecule has 0 bridgehead atoms. The first kappa shape index (κ1) is 14.7. The van der Waals surface area contributed by atoms with E-state index in [9.17, 15) is 4.79 Å². The molecule has 9 heteroatoms. The monoisotopic (exact) mass is 336 g/mol. The standard InChI is InChI=1S/C13H12N4O3S2/c1-19-9-4-3-7(6-10(9)20-2)5-8-11(18)17-12(15-14-8)22-13(21)16-17/h3-4,6H,5H2,1-2H3,(H,16,21). The molecule has 0 unspecified atom stereocenters. The van der Waals surface area contributed by atoms with Crippen molar-refractivity contribution < 1.29 is 9.47 Å². The van der Waals surface area contributed by atoms with Crippen LogP contribution in [0.25, 0.3) is 4.96 Å². The predicted molar refractivity (Wildman–Crippen MR) is 84.7 cm³/mol. The van der Waals surface area contributed by atoms with Crippen molar-refractivity contribution in [2.45, 2.75) is 6.42 Å². The van der Waals surface area contributed by atoms with Crippen LogP contribution in [0, 0.1) is 3.95 Å². The molecule has 114 valence electrons. The van der Waals surface area contributed by atoms with Crippen LogP contribution in [-0.4, -0.2) is 34.0 Å². The fraction of sp³-hybridized carbons (Fsp3) is 0.231. The molecular formula is C13H12N4O3S2. The molecule has 3 aromatic rings. The topological polar surface area (TPSA) is 81.5 Å². The lowest BCUT2D eigenvalue weighted by molar-refractivity contribution is 0.354. The molecular weight excluding hydrogens is 324 g/mol. The van der Waals surface area contributed by atoms with E-state index in [0.717, 1.165) is 5.56 Å². The molecule has 2 aromatic heterocycles. The molecule has 0 fully saturated rings. The maximum atomic E-state index is 12.4. The molecule has 0 spiro atoms. The number of nitrogens with one attached hydrogen (secondary N) is 1. The number of hydrogen-bond acceptors (Lipinski definition) is 7. The Morgan fingerprint density at radius 3 is 2.77 bits per heavy atom. The first-order valence-electron chi connectivity index (χ1n) is 6.30. The lowest BCUT2D eigenvalue weighted by atomic mass is 10.1. The second-order valence-electron chi connectivity index (χ2n) is 4.44. The average Bonchev–Trinajstić information content (AvgIpc) is 2.91. The Morgan fingerprint density at radius 1 is 1.27 bits per heavy atom. The number of ether oxygens (including phenoxy) is 2. The van der Waals surface area contributed by atoms with Gasteiger partial charge in [-0.3, -0.25) is 9.89 Å². The van der Waals surface area contributed by atoms with E-state index in [0.29, 0.717) is 32.5 Å². The zero-order chi connectivity index (χ0) is 15.7. The molecule has 1 aromatic carbocycles. The van der Waals surface area contributed by atoms with Crippen molar-refractivity contribution >= 4 is 28.5 Å². The van der Waals surface area contributed by atoms with Crippen molar-refractivity contribution in [3.8, 4) is 11.5 Å². The van der Waals surface area contributed by atoms with Crippen LogP contribution in [0.15, 0.2) is 23.0 Å². The van der Waals surface area contributed by atoms with Crippen molar-refractivity contribution in [3.05, 3.63) is 43.8 Å². The average molecular weight is 336 g/mol. The predicted octanol–water partition coefficient (Wildman–Crippen LogP) is 1.82. The third-order valence-corrected chi connectivity index (χ3v) is 4.17. The van der Waals surface area contributed by atoms with Crippen molar-refractivity contribution in [2.24, 2.45) is 0 Å². The Morgan fingerprint density at radius 2 is 2.05 bits per heavy atom. The number of nitrogens with zero attached hydrogens (tertiary/aromatic N) is 3. The van der Waals surface area contributed by atoms with Gasteiger partial charge in [0.25, 0.3) is 5.56 Å². The van der Waals surface area contributed by atoms with Gasteiger partial charge in [0.1, 0.15) is 5.69 Å². The molecule has 7 nitrogen and oxygen atoms in total. The lowest BCUT2D eigenvalue weighted by Gasteiger charge is -2.09. The van der Waals surface area contributed by atoms with Crippen molar-refractivity contribution in [3.63, 3.8) is 0 Å². The van der Waals surface area contributed by atoms with Gasteiger partial charge < -0.3 is 9.47 Å². The van der Waals surface area contributed by atoms with Crippen LogP contribution in [-0.2, 0) is 6.42 Å². The van der Waals surface area contributed by atoms with Gasteiger partial charge in [0.2, 0.25) is 4.96 Å². The zero-order valence-electron chi connectivity index (χ0n) is 11.8. The van der Waals surface area contributed by atoms with Gasteiger partial charge >= 0.3 is 0 Å². The van der Waals surface area contributed by atoms with Crippen LogP contribution in [0.3, 0.4) is 0 Å². The maximum Gasteiger partial charge on any atom is 0.295 e. The molecule has 0 aliphatic carbocycles. The molecule has 0 amide bonds. The summed E-state index contributed by atoms with van der Waals surface area (Å²) >= 11 is 6.22. The molecule has 0 saturated carbocycles. The molecule has 3 rings (SSSR count). The molecule has 2 heterocycles. The Balaban J connectivity index is 2.01. The van der Waals surface area contributed by atoms with Crippen molar-refractivity contribution in [1.29, 1.82) is 0 Å². The summed E-state index contributed by atoms with van der Waals surface area (Å²) in [5.74, 6) is 1.23. The SMILES string of the molecule is COc1ccc(Cc2nnc3sc(=S)[nH]n3c2=O)cc1OC. The second-order valence-corrected chi connectivity index (χ2v) is 6.08. The van der Waals surface area contributed by atoms with Crippen LogP contribution in [0.1, 0.15) is 11.3 Å². The Hall–Kier alpha value is -2.26. The van der Waals surface area contributed by atoms with Crippen LogP contribution in [0.5, 0.6) is 11.5 Å². The molecule has 0 atom stereocenters. The van der Waals surface area contributed by atoms with Crippen LogP contribution >= 0.6 is 23.6 Å². The zero-order valence-corrected chi connectivity index (χ0v) is 13.5. The van der Waals surface area contributed by atoms with Gasteiger partial charge in [0, 0.05) is 6.42 Å². The number of methoxy groups -OCH3 is 2. The maximum absolute atomic E-state index is 12.4. The third-order valence-electron chi connectivity index (χ3n) is 3.10.